The fourth-order valence-electron chi connectivity index (χ4n) is 4.99. The number of rotatable bonds is 1. The molecule has 8 nitrogen and oxygen atoms in total. The van der Waals surface area contributed by atoms with Crippen LogP contribution in [0.3, 0.4) is 0 Å². The van der Waals surface area contributed by atoms with Crippen molar-refractivity contribution in [3.05, 3.63) is 36.0 Å². The van der Waals surface area contributed by atoms with Crippen molar-refractivity contribution in [2.24, 2.45) is 5.41 Å². The Morgan fingerprint density at radius 3 is 2.70 bits per heavy atom. The third-order valence-corrected chi connectivity index (χ3v) is 6.27. The maximum Gasteiger partial charge on any atom is 0.332 e. The molecule has 0 spiro atoms. The van der Waals surface area contributed by atoms with E-state index in [-0.39, 0.29) is 29.9 Å². The Kier molecular flexibility index (Phi) is 3.72. The van der Waals surface area contributed by atoms with Crippen molar-refractivity contribution in [1.29, 1.82) is 5.26 Å². The first-order valence-corrected chi connectivity index (χ1v) is 9.99. The number of nitriles is 1. The van der Waals surface area contributed by atoms with Gasteiger partial charge in [-0.05, 0) is 30.7 Å². The molecule has 4 amide bonds. The van der Waals surface area contributed by atoms with Gasteiger partial charge in [0, 0.05) is 23.5 Å². The number of amides is 4. The van der Waals surface area contributed by atoms with Crippen LogP contribution >= 0.6 is 0 Å². The van der Waals surface area contributed by atoms with E-state index in [1.807, 2.05) is 20.8 Å². The van der Waals surface area contributed by atoms with E-state index in [0.29, 0.717) is 35.1 Å². The summed E-state index contributed by atoms with van der Waals surface area (Å²) in [6.07, 6.45) is 2.21. The molecule has 3 atom stereocenters. The van der Waals surface area contributed by atoms with Crippen LogP contribution in [0.5, 0.6) is 0 Å². The van der Waals surface area contributed by atoms with Crippen LogP contribution in [0.15, 0.2) is 30.5 Å². The zero-order valence-electron chi connectivity index (χ0n) is 17.0. The van der Waals surface area contributed by atoms with Gasteiger partial charge in [0.2, 0.25) is 5.91 Å². The normalized spacial score (nSPS) is 25.3. The summed E-state index contributed by atoms with van der Waals surface area (Å²) in [6.45, 7) is 6.05. The van der Waals surface area contributed by atoms with Gasteiger partial charge in [-0.3, -0.25) is 14.6 Å². The second-order valence-electron chi connectivity index (χ2n) is 9.12. The molecule has 1 aromatic carbocycles. The Bertz CT molecular complexity index is 1160. The summed E-state index contributed by atoms with van der Waals surface area (Å²) in [7, 11) is 0. The number of piperazine rings is 1. The zero-order valence-corrected chi connectivity index (χ0v) is 17.0. The van der Waals surface area contributed by atoms with E-state index in [4.69, 9.17) is 0 Å². The summed E-state index contributed by atoms with van der Waals surface area (Å²) in [4.78, 5) is 48.5. The molecule has 4 heterocycles. The molecule has 8 heteroatoms. The van der Waals surface area contributed by atoms with Gasteiger partial charge in [-0.15, -0.1) is 0 Å². The van der Waals surface area contributed by atoms with Gasteiger partial charge >= 0.3 is 6.03 Å². The third kappa shape index (κ3) is 2.32. The SMILES string of the molecule is CC(C)(C)C(=O)N1CC2CC1C1C(=O)N(c3ccc(C#N)c4ncccc34)C(=O)N21. The lowest BCUT2D eigenvalue weighted by atomic mass is 9.93. The van der Waals surface area contributed by atoms with E-state index in [9.17, 15) is 19.6 Å². The fourth-order valence-corrected chi connectivity index (χ4v) is 4.99. The molecule has 0 radical (unpaired) electrons. The van der Waals surface area contributed by atoms with Crippen molar-refractivity contribution in [3.8, 4) is 6.07 Å². The van der Waals surface area contributed by atoms with E-state index in [0.717, 1.165) is 0 Å². The molecule has 0 aliphatic carbocycles. The highest BCUT2D eigenvalue weighted by molar-refractivity contribution is 6.25. The van der Waals surface area contributed by atoms with Crippen molar-refractivity contribution < 1.29 is 14.4 Å². The third-order valence-electron chi connectivity index (χ3n) is 6.27. The minimum atomic E-state index is -0.662. The number of hydrogen-bond donors (Lipinski definition) is 0. The van der Waals surface area contributed by atoms with Gasteiger partial charge in [0.25, 0.3) is 5.91 Å². The number of pyridine rings is 1. The van der Waals surface area contributed by atoms with Gasteiger partial charge in [0.15, 0.2) is 0 Å². The number of aromatic nitrogens is 1. The lowest BCUT2D eigenvalue weighted by molar-refractivity contribution is -0.143. The number of fused-ring (bicyclic) bond motifs is 6. The average Bonchev–Trinajstić information content (AvgIpc) is 3.37. The van der Waals surface area contributed by atoms with Crippen LogP contribution in [-0.4, -0.2) is 57.3 Å². The highest BCUT2D eigenvalue weighted by atomic mass is 16.2. The van der Waals surface area contributed by atoms with Crippen LogP contribution in [-0.2, 0) is 9.59 Å². The summed E-state index contributed by atoms with van der Waals surface area (Å²) < 4.78 is 0. The Balaban J connectivity index is 1.56. The summed E-state index contributed by atoms with van der Waals surface area (Å²) in [5.41, 5.74) is 0.721. The monoisotopic (exact) mass is 403 g/mol. The smallest absolute Gasteiger partial charge is 0.332 e. The molecule has 0 saturated carbocycles. The topological polar surface area (TPSA) is 97.6 Å². The summed E-state index contributed by atoms with van der Waals surface area (Å²) in [5, 5.41) is 9.95. The Hall–Kier alpha value is -3.47. The summed E-state index contributed by atoms with van der Waals surface area (Å²) >= 11 is 0. The lowest BCUT2D eigenvalue weighted by Crippen LogP contribution is -2.56. The predicted octanol–water partition coefficient (Wildman–Crippen LogP) is 2.27. The average molecular weight is 403 g/mol. The summed E-state index contributed by atoms with van der Waals surface area (Å²) in [5.74, 6) is -0.324. The van der Waals surface area contributed by atoms with E-state index < -0.39 is 11.5 Å². The van der Waals surface area contributed by atoms with Gasteiger partial charge in [-0.1, -0.05) is 20.8 Å². The number of anilines is 1. The second kappa shape index (κ2) is 6.02. The van der Waals surface area contributed by atoms with E-state index in [1.54, 1.807) is 40.3 Å². The first-order valence-electron chi connectivity index (χ1n) is 9.99. The van der Waals surface area contributed by atoms with Gasteiger partial charge < -0.3 is 9.80 Å². The lowest BCUT2D eigenvalue weighted by Gasteiger charge is -2.37. The van der Waals surface area contributed by atoms with Crippen molar-refractivity contribution in [2.75, 3.05) is 11.4 Å². The highest BCUT2D eigenvalue weighted by Crippen LogP contribution is 2.44. The highest BCUT2D eigenvalue weighted by Gasteiger charge is 2.63. The van der Waals surface area contributed by atoms with Crippen molar-refractivity contribution in [1.82, 2.24) is 14.8 Å². The van der Waals surface area contributed by atoms with E-state index >= 15 is 0 Å². The Morgan fingerprint density at radius 2 is 2.00 bits per heavy atom. The molecular formula is C22H21N5O3. The molecule has 5 rings (SSSR count). The molecule has 3 aliphatic rings. The number of imide groups is 1. The van der Waals surface area contributed by atoms with Crippen molar-refractivity contribution >= 4 is 34.4 Å². The fraction of sp³-hybridized carbons (Fsp3) is 0.409. The number of carbonyl (C=O) groups excluding carboxylic acids is 3. The quantitative estimate of drug-likeness (QED) is 0.681. The van der Waals surface area contributed by atoms with Gasteiger partial charge in [-0.25, -0.2) is 9.69 Å². The molecule has 2 bridgehead atoms. The van der Waals surface area contributed by atoms with Gasteiger partial charge in [0.05, 0.1) is 28.9 Å². The standard InChI is InChI=1S/C22H21N5O3/c1-22(2,3)20(29)25-11-13-9-16(25)18-19(28)27(21(30)26(13)18)15-7-6-12(10-23)17-14(15)5-4-8-24-17/h4-8,13,16,18H,9,11H2,1-3H3. The number of likely N-dealkylation sites (tertiary alicyclic amines) is 1. The number of carbonyl (C=O) groups is 3. The molecule has 3 aliphatic heterocycles. The molecule has 1 aromatic heterocycles. The van der Waals surface area contributed by atoms with E-state index in [2.05, 4.69) is 11.1 Å². The predicted molar refractivity (Wildman–Crippen MR) is 108 cm³/mol. The largest absolute Gasteiger partial charge is 0.334 e. The molecular weight excluding hydrogens is 382 g/mol. The van der Waals surface area contributed by atoms with Crippen LogP contribution in [0.4, 0.5) is 10.5 Å². The van der Waals surface area contributed by atoms with Crippen molar-refractivity contribution in [3.63, 3.8) is 0 Å². The molecule has 3 fully saturated rings. The van der Waals surface area contributed by atoms with Crippen LogP contribution in [0.1, 0.15) is 32.8 Å². The molecule has 2 aromatic rings. The molecule has 3 unspecified atom stereocenters. The zero-order chi connectivity index (χ0) is 21.4. The van der Waals surface area contributed by atoms with Crippen LogP contribution in [0, 0.1) is 16.7 Å². The number of benzene rings is 1. The Labute approximate surface area is 173 Å². The van der Waals surface area contributed by atoms with Crippen LogP contribution in [0.2, 0.25) is 0 Å². The maximum atomic E-state index is 13.4. The second-order valence-corrected chi connectivity index (χ2v) is 9.12. The first-order chi connectivity index (χ1) is 14.2. The number of urea groups is 1. The minimum Gasteiger partial charge on any atom is -0.334 e. The molecule has 3 saturated heterocycles. The molecule has 0 N–H and O–H groups in total. The van der Waals surface area contributed by atoms with E-state index in [1.165, 1.54) is 4.90 Å². The van der Waals surface area contributed by atoms with Crippen LogP contribution < -0.4 is 4.90 Å². The van der Waals surface area contributed by atoms with Crippen LogP contribution in [0.25, 0.3) is 10.9 Å². The maximum absolute atomic E-state index is 13.4. The number of hydrogen-bond acceptors (Lipinski definition) is 5. The molecule has 30 heavy (non-hydrogen) atoms. The minimum absolute atomic E-state index is 0.00127. The molecule has 152 valence electrons. The first kappa shape index (κ1) is 18.6. The van der Waals surface area contributed by atoms with Crippen molar-refractivity contribution in [2.45, 2.75) is 45.3 Å². The Morgan fingerprint density at radius 1 is 1.23 bits per heavy atom. The summed E-state index contributed by atoms with van der Waals surface area (Å²) in [6, 6.07) is 7.30. The van der Waals surface area contributed by atoms with Gasteiger partial charge in [-0.2, -0.15) is 5.26 Å². The number of nitrogens with zero attached hydrogens (tertiary/aromatic N) is 5. The van der Waals surface area contributed by atoms with Gasteiger partial charge in [0.1, 0.15) is 12.1 Å².